The Morgan fingerprint density at radius 2 is 2.19 bits per heavy atom. The standard InChI is InChI=1S/C19H27N5O2S/c1-4-20-19(24(3)12-16-13-27-14(2)23-16)22-10-6-9-21-18(26)15-7-5-8-17(25)11-15/h5,7-8,11,13,25H,4,6,9-10,12H2,1-3H3,(H,20,22)(H,21,26). The second-order valence-corrected chi connectivity index (χ2v) is 7.17. The molecule has 0 spiro atoms. The summed E-state index contributed by atoms with van der Waals surface area (Å²) in [5, 5.41) is 18.7. The van der Waals surface area contributed by atoms with Gasteiger partial charge in [0.05, 0.1) is 17.2 Å². The Balaban J connectivity index is 1.79. The normalized spacial score (nSPS) is 11.3. The quantitative estimate of drug-likeness (QED) is 0.366. The third-order valence-electron chi connectivity index (χ3n) is 3.75. The average molecular weight is 390 g/mol. The molecule has 0 saturated carbocycles. The van der Waals surface area contributed by atoms with Gasteiger partial charge in [0.15, 0.2) is 5.96 Å². The highest BCUT2D eigenvalue weighted by molar-refractivity contribution is 7.09. The number of guanidine groups is 1. The summed E-state index contributed by atoms with van der Waals surface area (Å²) < 4.78 is 0. The van der Waals surface area contributed by atoms with Crippen molar-refractivity contribution < 1.29 is 9.90 Å². The van der Waals surface area contributed by atoms with E-state index in [0.29, 0.717) is 25.2 Å². The van der Waals surface area contributed by atoms with E-state index in [2.05, 4.69) is 26.0 Å². The van der Waals surface area contributed by atoms with Crippen LogP contribution in [-0.4, -0.2) is 53.5 Å². The summed E-state index contributed by atoms with van der Waals surface area (Å²) in [5.74, 6) is 0.709. The number of hydrogen-bond acceptors (Lipinski definition) is 5. The van der Waals surface area contributed by atoms with Gasteiger partial charge in [0.2, 0.25) is 0 Å². The fourth-order valence-corrected chi connectivity index (χ4v) is 3.09. The number of phenols is 1. The van der Waals surface area contributed by atoms with E-state index in [1.165, 1.54) is 12.1 Å². The summed E-state index contributed by atoms with van der Waals surface area (Å²) in [7, 11) is 1.99. The van der Waals surface area contributed by atoms with Crippen LogP contribution in [0.1, 0.15) is 34.4 Å². The van der Waals surface area contributed by atoms with E-state index in [0.717, 1.165) is 29.6 Å². The van der Waals surface area contributed by atoms with Crippen molar-refractivity contribution in [3.63, 3.8) is 0 Å². The van der Waals surface area contributed by atoms with Gasteiger partial charge >= 0.3 is 0 Å². The summed E-state index contributed by atoms with van der Waals surface area (Å²) in [5.41, 5.74) is 1.48. The van der Waals surface area contributed by atoms with Gasteiger partial charge in [-0.25, -0.2) is 4.98 Å². The lowest BCUT2D eigenvalue weighted by Crippen LogP contribution is -2.38. The van der Waals surface area contributed by atoms with E-state index in [1.54, 1.807) is 23.5 Å². The fourth-order valence-electron chi connectivity index (χ4n) is 2.48. The second kappa shape index (κ2) is 10.5. The molecule has 27 heavy (non-hydrogen) atoms. The second-order valence-electron chi connectivity index (χ2n) is 6.11. The molecule has 0 bridgehead atoms. The Kier molecular flexibility index (Phi) is 8.06. The highest BCUT2D eigenvalue weighted by Gasteiger charge is 2.09. The monoisotopic (exact) mass is 389 g/mol. The zero-order valence-electron chi connectivity index (χ0n) is 16.0. The molecule has 0 fully saturated rings. The largest absolute Gasteiger partial charge is 0.508 e. The molecule has 1 aromatic carbocycles. The Hall–Kier alpha value is -2.61. The number of carbonyl (C=O) groups is 1. The number of aromatic nitrogens is 1. The number of rotatable bonds is 8. The first-order chi connectivity index (χ1) is 13.0. The van der Waals surface area contributed by atoms with Gasteiger partial charge in [-0.1, -0.05) is 6.07 Å². The maximum absolute atomic E-state index is 12.0. The predicted molar refractivity (Wildman–Crippen MR) is 109 cm³/mol. The van der Waals surface area contributed by atoms with Crippen LogP contribution in [0.2, 0.25) is 0 Å². The van der Waals surface area contributed by atoms with Crippen LogP contribution in [0.5, 0.6) is 5.75 Å². The molecule has 1 amide bonds. The van der Waals surface area contributed by atoms with Crippen LogP contribution in [0, 0.1) is 6.92 Å². The first-order valence-electron chi connectivity index (χ1n) is 8.97. The van der Waals surface area contributed by atoms with E-state index in [9.17, 15) is 9.90 Å². The van der Waals surface area contributed by atoms with Crippen molar-refractivity contribution >= 4 is 23.2 Å². The predicted octanol–water partition coefficient (Wildman–Crippen LogP) is 2.37. The zero-order chi connectivity index (χ0) is 19.6. The molecule has 2 rings (SSSR count). The molecule has 0 aliphatic rings. The number of aryl methyl sites for hydroxylation is 1. The van der Waals surface area contributed by atoms with Crippen LogP contribution >= 0.6 is 11.3 Å². The summed E-state index contributed by atoms with van der Waals surface area (Å²) in [6.45, 7) is 6.64. The molecule has 7 nitrogen and oxygen atoms in total. The molecule has 1 aromatic heterocycles. The molecular weight excluding hydrogens is 362 g/mol. The van der Waals surface area contributed by atoms with Gasteiger partial charge in [-0.2, -0.15) is 0 Å². The number of aromatic hydroxyl groups is 1. The number of nitrogens with zero attached hydrogens (tertiary/aromatic N) is 3. The molecule has 0 aliphatic carbocycles. The Morgan fingerprint density at radius 1 is 1.37 bits per heavy atom. The van der Waals surface area contributed by atoms with Gasteiger partial charge in [0.1, 0.15) is 5.75 Å². The summed E-state index contributed by atoms with van der Waals surface area (Å²) >= 11 is 1.64. The number of aliphatic imine (C=N–C) groups is 1. The first-order valence-corrected chi connectivity index (χ1v) is 9.85. The molecule has 0 saturated heterocycles. The van der Waals surface area contributed by atoms with Crippen molar-refractivity contribution in [3.8, 4) is 5.75 Å². The molecule has 0 unspecified atom stereocenters. The van der Waals surface area contributed by atoms with E-state index < -0.39 is 0 Å². The molecule has 0 aliphatic heterocycles. The van der Waals surface area contributed by atoms with E-state index in [1.807, 2.05) is 25.8 Å². The van der Waals surface area contributed by atoms with Gasteiger partial charge in [-0.15, -0.1) is 11.3 Å². The average Bonchev–Trinajstić information content (AvgIpc) is 3.05. The van der Waals surface area contributed by atoms with Crippen molar-refractivity contribution in [2.24, 2.45) is 4.99 Å². The number of carbonyl (C=O) groups excluding carboxylic acids is 1. The molecule has 0 atom stereocenters. The molecule has 146 valence electrons. The number of benzene rings is 1. The van der Waals surface area contributed by atoms with Crippen molar-refractivity contribution in [1.29, 1.82) is 0 Å². The summed E-state index contributed by atoms with van der Waals surface area (Å²) in [4.78, 5) is 23.2. The number of hydrogen-bond donors (Lipinski definition) is 3. The van der Waals surface area contributed by atoms with Gasteiger partial charge in [0.25, 0.3) is 5.91 Å². The number of phenolic OH excluding ortho intramolecular Hbond substituents is 1. The van der Waals surface area contributed by atoms with E-state index >= 15 is 0 Å². The highest BCUT2D eigenvalue weighted by Crippen LogP contribution is 2.11. The maximum Gasteiger partial charge on any atom is 0.251 e. The van der Waals surface area contributed by atoms with Crippen molar-refractivity contribution in [2.45, 2.75) is 26.8 Å². The lowest BCUT2D eigenvalue weighted by atomic mass is 10.2. The molecule has 2 aromatic rings. The molecular formula is C19H27N5O2S. The first kappa shape index (κ1) is 20.7. The number of amides is 1. The van der Waals surface area contributed by atoms with Crippen molar-refractivity contribution in [3.05, 3.63) is 45.9 Å². The minimum Gasteiger partial charge on any atom is -0.508 e. The molecule has 3 N–H and O–H groups in total. The van der Waals surface area contributed by atoms with Crippen LogP contribution in [-0.2, 0) is 6.54 Å². The van der Waals surface area contributed by atoms with E-state index in [-0.39, 0.29) is 11.7 Å². The van der Waals surface area contributed by atoms with Crippen LogP contribution in [0.25, 0.3) is 0 Å². The smallest absolute Gasteiger partial charge is 0.251 e. The lowest BCUT2D eigenvalue weighted by Gasteiger charge is -2.21. The number of thiazole rings is 1. The van der Waals surface area contributed by atoms with Crippen LogP contribution in [0.3, 0.4) is 0 Å². The van der Waals surface area contributed by atoms with Gasteiger partial charge in [-0.3, -0.25) is 9.79 Å². The summed E-state index contributed by atoms with van der Waals surface area (Å²) in [6, 6.07) is 6.31. The highest BCUT2D eigenvalue weighted by atomic mass is 32.1. The van der Waals surface area contributed by atoms with Crippen LogP contribution in [0.4, 0.5) is 0 Å². The third kappa shape index (κ3) is 6.90. The number of nitrogens with one attached hydrogen (secondary N) is 2. The maximum atomic E-state index is 12.0. The molecule has 8 heteroatoms. The van der Waals surface area contributed by atoms with E-state index in [4.69, 9.17) is 0 Å². The van der Waals surface area contributed by atoms with Crippen molar-refractivity contribution in [2.75, 3.05) is 26.7 Å². The fraction of sp³-hybridized carbons (Fsp3) is 0.421. The SMILES string of the molecule is CCNC(=NCCCNC(=O)c1cccc(O)c1)N(C)Cc1csc(C)n1. The van der Waals surface area contributed by atoms with Gasteiger partial charge in [0, 0.05) is 37.6 Å². The van der Waals surface area contributed by atoms with Crippen LogP contribution in [0.15, 0.2) is 34.6 Å². The molecule has 0 radical (unpaired) electrons. The minimum atomic E-state index is -0.196. The van der Waals surface area contributed by atoms with Crippen LogP contribution < -0.4 is 10.6 Å². The van der Waals surface area contributed by atoms with Gasteiger partial charge < -0.3 is 20.6 Å². The summed E-state index contributed by atoms with van der Waals surface area (Å²) in [6.07, 6.45) is 0.725. The Morgan fingerprint density at radius 3 is 2.85 bits per heavy atom. The minimum absolute atomic E-state index is 0.0841. The lowest BCUT2D eigenvalue weighted by molar-refractivity contribution is 0.0953. The molecule has 1 heterocycles. The Labute approximate surface area is 164 Å². The topological polar surface area (TPSA) is 89.8 Å². The Bertz CT molecular complexity index is 775. The van der Waals surface area contributed by atoms with Gasteiger partial charge in [-0.05, 0) is 38.5 Å². The zero-order valence-corrected chi connectivity index (χ0v) is 16.8. The van der Waals surface area contributed by atoms with Crippen molar-refractivity contribution in [1.82, 2.24) is 20.5 Å². The third-order valence-corrected chi connectivity index (χ3v) is 4.57.